The van der Waals surface area contributed by atoms with Crippen molar-refractivity contribution in [2.75, 3.05) is 19.8 Å². The largest absolute Gasteiger partial charge is 0.395 e. The number of aryl methyl sites for hydroxylation is 2. The molecule has 2 aromatic heterocycles. The van der Waals surface area contributed by atoms with E-state index in [-0.39, 0.29) is 18.3 Å². The fraction of sp³-hybridized carbons (Fsp3) is 0.524. The molecule has 0 amide bonds. The average Bonchev–Trinajstić information content (AvgIpc) is 3.36. The summed E-state index contributed by atoms with van der Waals surface area (Å²) in [6, 6.07) is 6.04. The number of aromatic amines is 1. The quantitative estimate of drug-likeness (QED) is 0.574. The predicted octanol–water partition coefficient (Wildman–Crippen LogP) is 1.30. The van der Waals surface area contributed by atoms with Gasteiger partial charge in [0, 0.05) is 36.2 Å². The number of pyridine rings is 1. The maximum Gasteiger partial charge on any atom is 0.252 e. The normalized spacial score (nSPS) is 16.7. The molecule has 0 saturated carbocycles. The van der Waals surface area contributed by atoms with E-state index < -0.39 is 0 Å². The molecule has 1 aliphatic heterocycles. The van der Waals surface area contributed by atoms with Crippen molar-refractivity contribution >= 4 is 10.9 Å². The number of benzene rings is 1. The molecule has 160 valence electrons. The van der Waals surface area contributed by atoms with Gasteiger partial charge in [0.25, 0.3) is 5.56 Å². The number of fused-ring (bicyclic) bond motifs is 1. The highest BCUT2D eigenvalue weighted by atomic mass is 16.5. The highest BCUT2D eigenvalue weighted by molar-refractivity contribution is 5.83. The zero-order valence-corrected chi connectivity index (χ0v) is 17.5. The van der Waals surface area contributed by atoms with Crippen molar-refractivity contribution in [1.82, 2.24) is 30.1 Å². The van der Waals surface area contributed by atoms with Crippen LogP contribution in [0.5, 0.6) is 0 Å². The number of nitrogens with one attached hydrogen (secondary N) is 1. The maximum absolute atomic E-state index is 12.7. The number of nitrogens with zero attached hydrogens (tertiary/aromatic N) is 5. The molecule has 4 rings (SSSR count). The first kappa shape index (κ1) is 20.6. The Kier molecular flexibility index (Phi) is 6.21. The summed E-state index contributed by atoms with van der Waals surface area (Å²) in [6.07, 6.45) is 2.20. The Morgan fingerprint density at radius 1 is 1.30 bits per heavy atom. The first-order valence-corrected chi connectivity index (χ1v) is 10.4. The molecular weight excluding hydrogens is 384 g/mol. The van der Waals surface area contributed by atoms with Gasteiger partial charge >= 0.3 is 0 Å². The number of aliphatic hydroxyl groups excluding tert-OH is 1. The molecule has 1 atom stereocenters. The average molecular weight is 412 g/mol. The minimum atomic E-state index is -0.116. The minimum Gasteiger partial charge on any atom is -0.395 e. The highest BCUT2D eigenvalue weighted by Crippen LogP contribution is 2.19. The lowest BCUT2D eigenvalue weighted by Crippen LogP contribution is -2.31. The monoisotopic (exact) mass is 412 g/mol. The molecule has 30 heavy (non-hydrogen) atoms. The van der Waals surface area contributed by atoms with Crippen LogP contribution in [-0.4, -0.2) is 61.1 Å². The van der Waals surface area contributed by atoms with Gasteiger partial charge in [0.15, 0.2) is 5.82 Å². The van der Waals surface area contributed by atoms with Gasteiger partial charge in [0.05, 0.1) is 25.8 Å². The van der Waals surface area contributed by atoms with Gasteiger partial charge in [0.1, 0.15) is 0 Å². The first-order chi connectivity index (χ1) is 14.5. The number of H-pyrrole nitrogens is 1. The number of rotatable bonds is 8. The molecule has 3 heterocycles. The van der Waals surface area contributed by atoms with Crippen LogP contribution in [0.15, 0.2) is 23.0 Å². The van der Waals surface area contributed by atoms with E-state index in [1.54, 1.807) is 4.68 Å². The van der Waals surface area contributed by atoms with Gasteiger partial charge in [-0.15, -0.1) is 5.10 Å². The first-order valence-electron chi connectivity index (χ1n) is 10.4. The summed E-state index contributed by atoms with van der Waals surface area (Å²) < 4.78 is 7.45. The van der Waals surface area contributed by atoms with Crippen molar-refractivity contribution in [3.8, 4) is 0 Å². The van der Waals surface area contributed by atoms with Gasteiger partial charge in [-0.2, -0.15) is 0 Å². The third-order valence-electron chi connectivity index (χ3n) is 5.57. The summed E-state index contributed by atoms with van der Waals surface area (Å²) >= 11 is 0. The number of hydrogen-bond donors (Lipinski definition) is 2. The van der Waals surface area contributed by atoms with Crippen LogP contribution in [0.1, 0.15) is 35.4 Å². The van der Waals surface area contributed by atoms with Crippen molar-refractivity contribution in [2.24, 2.45) is 0 Å². The smallest absolute Gasteiger partial charge is 0.252 e. The Balaban J connectivity index is 1.55. The van der Waals surface area contributed by atoms with Crippen LogP contribution in [0, 0.1) is 13.8 Å². The topological polar surface area (TPSA) is 109 Å². The van der Waals surface area contributed by atoms with E-state index in [0.29, 0.717) is 37.6 Å². The number of ether oxygens (including phenoxy) is 1. The van der Waals surface area contributed by atoms with Crippen molar-refractivity contribution < 1.29 is 9.84 Å². The second-order valence-corrected chi connectivity index (χ2v) is 8.01. The molecule has 9 heteroatoms. The van der Waals surface area contributed by atoms with E-state index in [1.165, 1.54) is 0 Å². The fourth-order valence-electron chi connectivity index (χ4n) is 4.09. The lowest BCUT2D eigenvalue weighted by molar-refractivity contribution is 0.0912. The number of hydrogen-bond acceptors (Lipinski definition) is 7. The Morgan fingerprint density at radius 3 is 2.93 bits per heavy atom. The van der Waals surface area contributed by atoms with Gasteiger partial charge in [0.2, 0.25) is 0 Å². The molecule has 0 bridgehead atoms. The molecular formula is C21H28N6O3. The standard InChI is InChI=1S/C21H28N6O3/c1-14-8-15(2)18-10-16(21(29)22-19(18)9-14)11-26(5-6-28)13-20-23-24-25-27(20)12-17-4-3-7-30-17/h8-10,17,28H,3-7,11-13H2,1-2H3,(H,22,29). The molecule has 1 fully saturated rings. The summed E-state index contributed by atoms with van der Waals surface area (Å²) in [7, 11) is 0. The summed E-state index contributed by atoms with van der Waals surface area (Å²) in [5.74, 6) is 0.697. The van der Waals surface area contributed by atoms with Gasteiger partial charge < -0.3 is 14.8 Å². The molecule has 0 spiro atoms. The third-order valence-corrected chi connectivity index (χ3v) is 5.57. The fourth-order valence-corrected chi connectivity index (χ4v) is 4.09. The predicted molar refractivity (Wildman–Crippen MR) is 112 cm³/mol. The molecule has 9 nitrogen and oxygen atoms in total. The van der Waals surface area contributed by atoms with E-state index in [2.05, 4.69) is 26.6 Å². The van der Waals surface area contributed by atoms with Crippen molar-refractivity contribution in [2.45, 2.75) is 52.4 Å². The van der Waals surface area contributed by atoms with Crippen LogP contribution in [0.2, 0.25) is 0 Å². The zero-order valence-electron chi connectivity index (χ0n) is 17.5. The van der Waals surface area contributed by atoms with Gasteiger partial charge in [-0.1, -0.05) is 6.07 Å². The van der Waals surface area contributed by atoms with Crippen molar-refractivity contribution in [3.05, 3.63) is 51.1 Å². The van der Waals surface area contributed by atoms with E-state index >= 15 is 0 Å². The van der Waals surface area contributed by atoms with Crippen LogP contribution < -0.4 is 5.56 Å². The van der Waals surface area contributed by atoms with Crippen LogP contribution in [0.4, 0.5) is 0 Å². The lowest BCUT2D eigenvalue weighted by atomic mass is 10.0. The molecule has 3 aromatic rings. The summed E-state index contributed by atoms with van der Waals surface area (Å²) in [5, 5.41) is 22.6. The summed E-state index contributed by atoms with van der Waals surface area (Å²) in [5.41, 5.74) is 3.62. The third kappa shape index (κ3) is 4.58. The molecule has 1 aliphatic rings. The highest BCUT2D eigenvalue weighted by Gasteiger charge is 2.20. The zero-order chi connectivity index (χ0) is 21.1. The van der Waals surface area contributed by atoms with E-state index in [0.717, 1.165) is 41.5 Å². The second-order valence-electron chi connectivity index (χ2n) is 8.01. The Labute approximate surface area is 174 Å². The van der Waals surface area contributed by atoms with Gasteiger partial charge in [-0.05, 0) is 60.4 Å². The molecule has 1 saturated heterocycles. The van der Waals surface area contributed by atoms with Gasteiger partial charge in [-0.25, -0.2) is 4.68 Å². The molecule has 1 unspecified atom stereocenters. The van der Waals surface area contributed by atoms with Crippen LogP contribution in [0.25, 0.3) is 10.9 Å². The van der Waals surface area contributed by atoms with Crippen LogP contribution in [0.3, 0.4) is 0 Å². The number of aromatic nitrogens is 5. The minimum absolute atomic E-state index is 0.0169. The molecule has 1 aromatic carbocycles. The lowest BCUT2D eigenvalue weighted by Gasteiger charge is -2.21. The molecule has 2 N–H and O–H groups in total. The van der Waals surface area contributed by atoms with Crippen LogP contribution in [-0.2, 0) is 24.4 Å². The maximum atomic E-state index is 12.7. The Bertz CT molecular complexity index is 1070. The Hall–Kier alpha value is -2.62. The van der Waals surface area contributed by atoms with Crippen LogP contribution >= 0.6 is 0 Å². The van der Waals surface area contributed by atoms with Crippen molar-refractivity contribution in [3.63, 3.8) is 0 Å². The van der Waals surface area contributed by atoms with Gasteiger partial charge in [-0.3, -0.25) is 9.69 Å². The number of tetrazole rings is 1. The Morgan fingerprint density at radius 2 is 2.17 bits per heavy atom. The van der Waals surface area contributed by atoms with Crippen molar-refractivity contribution in [1.29, 1.82) is 0 Å². The SMILES string of the molecule is Cc1cc(C)c2cc(CN(CCO)Cc3nnnn3CC3CCCO3)c(=O)[nH]c2c1. The van der Waals surface area contributed by atoms with E-state index in [4.69, 9.17) is 4.74 Å². The second kappa shape index (κ2) is 9.03. The number of aliphatic hydroxyl groups is 1. The van der Waals surface area contributed by atoms with E-state index in [9.17, 15) is 9.90 Å². The molecule has 0 radical (unpaired) electrons. The van der Waals surface area contributed by atoms with E-state index in [1.807, 2.05) is 30.9 Å². The summed E-state index contributed by atoms with van der Waals surface area (Å²) in [4.78, 5) is 17.7. The summed E-state index contributed by atoms with van der Waals surface area (Å²) in [6.45, 7) is 6.68. The molecule has 0 aliphatic carbocycles.